The first-order chi connectivity index (χ1) is 8.81. The van der Waals surface area contributed by atoms with E-state index in [1.165, 1.54) is 5.56 Å². The highest BCUT2D eigenvalue weighted by Gasteiger charge is 2.32. The van der Waals surface area contributed by atoms with Gasteiger partial charge in [0.05, 0.1) is 5.54 Å². The van der Waals surface area contributed by atoms with Gasteiger partial charge in [0.2, 0.25) is 0 Å². The molecular weight excluding hydrogens is 234 g/mol. The van der Waals surface area contributed by atoms with Gasteiger partial charge in [-0.1, -0.05) is 45.0 Å². The number of carbonyl (C=O) groups is 1. The van der Waals surface area contributed by atoms with Crippen LogP contribution in [0.5, 0.6) is 0 Å². The maximum absolute atomic E-state index is 12.5. The van der Waals surface area contributed by atoms with Crippen LogP contribution in [0.25, 0.3) is 0 Å². The van der Waals surface area contributed by atoms with Crippen molar-refractivity contribution in [3.8, 4) is 0 Å². The van der Waals surface area contributed by atoms with Crippen LogP contribution >= 0.6 is 0 Å². The van der Waals surface area contributed by atoms with Crippen LogP contribution in [0.15, 0.2) is 24.3 Å². The van der Waals surface area contributed by atoms with Crippen LogP contribution in [0.3, 0.4) is 0 Å². The number of hydrogen-bond donors (Lipinski definition) is 0. The average Bonchev–Trinajstić information content (AvgIpc) is 2.37. The van der Waals surface area contributed by atoms with E-state index in [9.17, 15) is 4.79 Å². The first-order valence-corrected chi connectivity index (χ1v) is 7.10. The first kappa shape index (κ1) is 15.9. The Balaban J connectivity index is 2.82. The molecule has 0 fully saturated rings. The van der Waals surface area contributed by atoms with E-state index in [0.717, 1.165) is 12.0 Å². The van der Waals surface area contributed by atoms with E-state index < -0.39 is 0 Å². The number of carbonyl (C=O) groups excluding carboxylic acids is 1. The predicted octanol–water partition coefficient (Wildman–Crippen LogP) is 3.65. The summed E-state index contributed by atoms with van der Waals surface area (Å²) in [6.07, 6.45) is 1.35. The van der Waals surface area contributed by atoms with Gasteiger partial charge in [-0.25, -0.2) is 0 Å². The summed E-state index contributed by atoms with van der Waals surface area (Å²) in [5.74, 6) is 0.824. The van der Waals surface area contributed by atoms with Crippen LogP contribution in [-0.2, 0) is 11.2 Å². The molecule has 1 aromatic rings. The molecule has 0 aromatic heterocycles. The Bertz CT molecular complexity index is 419. The van der Waals surface area contributed by atoms with Crippen molar-refractivity contribution in [2.45, 2.75) is 52.0 Å². The minimum absolute atomic E-state index is 0.289. The number of benzene rings is 1. The second kappa shape index (κ2) is 6.33. The van der Waals surface area contributed by atoms with E-state index in [4.69, 9.17) is 0 Å². The van der Waals surface area contributed by atoms with E-state index >= 15 is 0 Å². The molecule has 2 nitrogen and oxygen atoms in total. The number of ketones is 1. The van der Waals surface area contributed by atoms with Crippen LogP contribution in [0.2, 0.25) is 0 Å². The summed E-state index contributed by atoms with van der Waals surface area (Å²) in [5.41, 5.74) is 2.06. The number of nitrogens with zero attached hydrogens (tertiary/aromatic N) is 1. The van der Waals surface area contributed by atoms with Gasteiger partial charge in [-0.05, 0) is 44.5 Å². The zero-order chi connectivity index (χ0) is 14.6. The summed E-state index contributed by atoms with van der Waals surface area (Å²) in [7, 11) is 3.95. The number of likely N-dealkylation sites (N-methyl/N-ethyl adjacent to an activating group) is 1. The lowest BCUT2D eigenvalue weighted by molar-refractivity contribution is -0.128. The summed E-state index contributed by atoms with van der Waals surface area (Å²) >= 11 is 0. The molecule has 1 rings (SSSR count). The van der Waals surface area contributed by atoms with Crippen molar-refractivity contribution >= 4 is 5.78 Å². The lowest BCUT2D eigenvalue weighted by atomic mass is 9.87. The topological polar surface area (TPSA) is 20.3 Å². The molecular formula is C17H27NO. The lowest BCUT2D eigenvalue weighted by Gasteiger charge is -2.34. The molecule has 0 saturated carbocycles. The Morgan fingerprint density at radius 1 is 1.21 bits per heavy atom. The van der Waals surface area contributed by atoms with Crippen LogP contribution in [0, 0.1) is 0 Å². The van der Waals surface area contributed by atoms with Gasteiger partial charge < -0.3 is 0 Å². The summed E-state index contributed by atoms with van der Waals surface area (Å²) in [5, 5.41) is 0. The molecule has 0 aliphatic rings. The van der Waals surface area contributed by atoms with Gasteiger partial charge in [-0.3, -0.25) is 9.69 Å². The molecule has 19 heavy (non-hydrogen) atoms. The van der Waals surface area contributed by atoms with Gasteiger partial charge in [0.15, 0.2) is 5.78 Å². The van der Waals surface area contributed by atoms with Crippen molar-refractivity contribution in [3.63, 3.8) is 0 Å². The third-order valence-electron chi connectivity index (χ3n) is 4.29. The van der Waals surface area contributed by atoms with E-state index in [1.807, 2.05) is 25.9 Å². The van der Waals surface area contributed by atoms with Gasteiger partial charge in [-0.2, -0.15) is 0 Å². The Morgan fingerprint density at radius 2 is 1.74 bits per heavy atom. The van der Waals surface area contributed by atoms with Crippen LogP contribution < -0.4 is 0 Å². The Morgan fingerprint density at radius 3 is 2.11 bits per heavy atom. The number of hydrogen-bond acceptors (Lipinski definition) is 2. The molecule has 106 valence electrons. The molecule has 2 heteroatoms. The maximum atomic E-state index is 12.5. The van der Waals surface area contributed by atoms with Crippen molar-refractivity contribution in [2.24, 2.45) is 0 Å². The first-order valence-electron chi connectivity index (χ1n) is 7.10. The highest BCUT2D eigenvalue weighted by atomic mass is 16.1. The van der Waals surface area contributed by atoms with E-state index in [2.05, 4.69) is 45.0 Å². The summed E-state index contributed by atoms with van der Waals surface area (Å²) in [6, 6.07) is 8.43. The average molecular weight is 261 g/mol. The predicted molar refractivity (Wildman–Crippen MR) is 81.6 cm³/mol. The highest BCUT2D eigenvalue weighted by Crippen LogP contribution is 2.21. The summed E-state index contributed by atoms with van der Waals surface area (Å²) < 4.78 is 0. The maximum Gasteiger partial charge on any atom is 0.157 e. The van der Waals surface area contributed by atoms with E-state index in [1.54, 1.807) is 0 Å². The third-order valence-corrected chi connectivity index (χ3v) is 4.29. The van der Waals surface area contributed by atoms with Crippen molar-refractivity contribution in [1.29, 1.82) is 0 Å². The second-order valence-electron chi connectivity index (χ2n) is 6.02. The third kappa shape index (κ3) is 3.66. The van der Waals surface area contributed by atoms with Crippen molar-refractivity contribution < 1.29 is 4.79 Å². The van der Waals surface area contributed by atoms with Gasteiger partial charge >= 0.3 is 0 Å². The lowest BCUT2D eigenvalue weighted by Crippen LogP contribution is -2.48. The fourth-order valence-corrected chi connectivity index (χ4v) is 2.16. The molecule has 0 bridgehead atoms. The minimum Gasteiger partial charge on any atom is -0.297 e. The fraction of sp³-hybridized carbons (Fsp3) is 0.588. The van der Waals surface area contributed by atoms with Crippen molar-refractivity contribution in [2.75, 3.05) is 14.1 Å². The van der Waals surface area contributed by atoms with Crippen LogP contribution in [0.4, 0.5) is 0 Å². The van der Waals surface area contributed by atoms with Gasteiger partial charge in [-0.15, -0.1) is 0 Å². The molecule has 1 unspecified atom stereocenters. The van der Waals surface area contributed by atoms with Crippen molar-refractivity contribution in [1.82, 2.24) is 4.90 Å². The molecule has 1 aromatic carbocycles. The van der Waals surface area contributed by atoms with Gasteiger partial charge in [0.25, 0.3) is 0 Å². The fourth-order valence-electron chi connectivity index (χ4n) is 2.16. The smallest absolute Gasteiger partial charge is 0.157 e. The minimum atomic E-state index is -0.364. The normalized spacial score (nSPS) is 14.7. The summed E-state index contributed by atoms with van der Waals surface area (Å²) in [4.78, 5) is 14.5. The molecule has 0 aliphatic heterocycles. The molecule has 0 N–H and O–H groups in total. The molecule has 0 heterocycles. The standard InChI is InChI=1S/C17H27NO/c1-7-17(4,18(5)6)16(19)12-14-8-10-15(11-9-14)13(2)3/h8-11,13H,7,12H2,1-6H3. The number of rotatable bonds is 6. The van der Waals surface area contributed by atoms with Crippen LogP contribution in [0.1, 0.15) is 51.2 Å². The monoisotopic (exact) mass is 261 g/mol. The quantitative estimate of drug-likeness (QED) is 0.779. The van der Waals surface area contributed by atoms with Crippen molar-refractivity contribution in [3.05, 3.63) is 35.4 Å². The summed E-state index contributed by atoms with van der Waals surface area (Å²) in [6.45, 7) is 8.46. The molecule has 0 spiro atoms. The SMILES string of the molecule is CCC(C)(C(=O)Cc1ccc(C(C)C)cc1)N(C)C. The Kier molecular flexibility index (Phi) is 5.30. The van der Waals surface area contributed by atoms with Crippen LogP contribution in [-0.4, -0.2) is 30.3 Å². The molecule has 0 saturated heterocycles. The van der Waals surface area contributed by atoms with E-state index in [-0.39, 0.29) is 11.3 Å². The molecule has 0 aliphatic carbocycles. The zero-order valence-corrected chi connectivity index (χ0v) is 13.2. The molecule has 0 radical (unpaired) electrons. The molecule has 0 amide bonds. The highest BCUT2D eigenvalue weighted by molar-refractivity contribution is 5.89. The van der Waals surface area contributed by atoms with Gasteiger partial charge in [0.1, 0.15) is 0 Å². The largest absolute Gasteiger partial charge is 0.297 e. The molecule has 1 atom stereocenters. The Labute approximate surface area is 117 Å². The second-order valence-corrected chi connectivity index (χ2v) is 6.02. The number of Topliss-reactive ketones (excluding diaryl/α,β-unsaturated/α-hetero) is 1. The van der Waals surface area contributed by atoms with Gasteiger partial charge in [0, 0.05) is 6.42 Å². The Hall–Kier alpha value is -1.15. The zero-order valence-electron chi connectivity index (χ0n) is 13.2. The van der Waals surface area contributed by atoms with E-state index in [0.29, 0.717) is 12.3 Å².